The number of nitrogens with one attached hydrogen (secondary N) is 1. The molecule has 0 spiro atoms. The van der Waals surface area contributed by atoms with Gasteiger partial charge >= 0.3 is 6.18 Å². The van der Waals surface area contributed by atoms with Gasteiger partial charge in [-0.3, -0.25) is 4.79 Å². The molecule has 5 rings (SSSR count). The van der Waals surface area contributed by atoms with Crippen LogP contribution in [0.2, 0.25) is 0 Å². The summed E-state index contributed by atoms with van der Waals surface area (Å²) in [7, 11) is -3.37. The summed E-state index contributed by atoms with van der Waals surface area (Å²) < 4.78 is 75.2. The maximum absolute atomic E-state index is 13.1. The number of benzene rings is 3. The smallest absolute Gasteiger partial charge is 0.394 e. The van der Waals surface area contributed by atoms with Crippen molar-refractivity contribution in [3.63, 3.8) is 0 Å². The van der Waals surface area contributed by atoms with Gasteiger partial charge in [-0.25, -0.2) is 8.42 Å². The summed E-state index contributed by atoms with van der Waals surface area (Å²) in [5.74, 6) is -0.442. The fraction of sp³-hybridized carbons (Fsp3) is 0.424. The van der Waals surface area contributed by atoms with Crippen molar-refractivity contribution in [2.75, 3.05) is 43.6 Å². The summed E-state index contributed by atoms with van der Waals surface area (Å²) in [4.78, 5) is 15.4. The lowest BCUT2D eigenvalue weighted by Crippen LogP contribution is -2.35. The summed E-state index contributed by atoms with van der Waals surface area (Å²) in [6.07, 6.45) is -2.88. The molecule has 1 amide bonds. The molecule has 2 fully saturated rings. The number of hydrogen-bond donors (Lipinski definition) is 2. The number of anilines is 1. The van der Waals surface area contributed by atoms with E-state index in [9.17, 15) is 31.5 Å². The first-order valence-corrected chi connectivity index (χ1v) is 16.6. The number of hydrogen-bond acceptors (Lipinski definition) is 7. The number of nitrogens with zero attached hydrogens (tertiary/aromatic N) is 1. The molecule has 2 heterocycles. The standard InChI is InChI=1S/C33H37F3N2O6S/c1-2-45(41,42)30-13-7-23(8-14-30)31(19-39)37-32(40)24-5-11-27(12-6-24)38-18-25(17-28(38)20-44-29-15-16-43-21-29)22-3-9-26(10-4-22)33(34,35)36/h3-14,25,28-29,31,39H,2,15-21H2,1H3,(H,37,40)/t25?,28-,29?,31-/m0/s1. The molecule has 0 aromatic heterocycles. The molecule has 2 N–H and O–H groups in total. The summed E-state index contributed by atoms with van der Waals surface area (Å²) >= 11 is 0. The number of rotatable bonds is 11. The highest BCUT2D eigenvalue weighted by atomic mass is 32.2. The molecule has 0 bridgehead atoms. The van der Waals surface area contributed by atoms with Crippen LogP contribution >= 0.6 is 0 Å². The number of amides is 1. The molecule has 3 aromatic rings. The number of ether oxygens (including phenoxy) is 2. The van der Waals surface area contributed by atoms with Crippen LogP contribution in [0.25, 0.3) is 0 Å². The van der Waals surface area contributed by atoms with Gasteiger partial charge in [0.1, 0.15) is 0 Å². The number of carbonyl (C=O) groups is 1. The molecule has 2 aliphatic heterocycles. The van der Waals surface area contributed by atoms with Gasteiger partial charge in [-0.05, 0) is 72.5 Å². The first-order chi connectivity index (χ1) is 21.5. The third-order valence-corrected chi connectivity index (χ3v) is 10.3. The molecular weight excluding hydrogens is 609 g/mol. The third kappa shape index (κ3) is 7.86. The second kappa shape index (κ2) is 13.9. The second-order valence-electron chi connectivity index (χ2n) is 11.4. The Hall–Kier alpha value is -3.45. The Labute approximate surface area is 261 Å². The van der Waals surface area contributed by atoms with E-state index in [2.05, 4.69) is 10.2 Å². The van der Waals surface area contributed by atoms with Crippen LogP contribution in [0.5, 0.6) is 0 Å². The van der Waals surface area contributed by atoms with Crippen LogP contribution in [0.4, 0.5) is 18.9 Å². The van der Waals surface area contributed by atoms with E-state index < -0.39 is 33.5 Å². The first-order valence-electron chi connectivity index (χ1n) is 15.0. The van der Waals surface area contributed by atoms with Gasteiger partial charge in [0.05, 0.1) is 54.2 Å². The van der Waals surface area contributed by atoms with Crippen molar-refractivity contribution in [1.29, 1.82) is 0 Å². The predicted molar refractivity (Wildman–Crippen MR) is 163 cm³/mol. The molecule has 45 heavy (non-hydrogen) atoms. The van der Waals surface area contributed by atoms with E-state index in [0.29, 0.717) is 43.9 Å². The SMILES string of the molecule is CCS(=O)(=O)c1ccc([C@H](CO)NC(=O)c2ccc(N3CC(c4ccc(C(F)(F)F)cc4)C[C@H]3COC3CCOC3)cc2)cc1. The first kappa shape index (κ1) is 32.9. The summed E-state index contributed by atoms with van der Waals surface area (Å²) in [5.41, 5.74) is 1.94. The lowest BCUT2D eigenvalue weighted by atomic mass is 9.95. The number of carbonyl (C=O) groups excluding carboxylic acids is 1. The van der Waals surface area contributed by atoms with Crippen molar-refractivity contribution >= 4 is 21.4 Å². The van der Waals surface area contributed by atoms with Gasteiger partial charge in [0.2, 0.25) is 0 Å². The highest BCUT2D eigenvalue weighted by Crippen LogP contribution is 2.37. The zero-order valence-electron chi connectivity index (χ0n) is 24.9. The summed E-state index contributed by atoms with van der Waals surface area (Å²) in [6, 6.07) is 17.7. The lowest BCUT2D eigenvalue weighted by Gasteiger charge is -2.28. The Kier molecular flexibility index (Phi) is 10.2. The Morgan fingerprint density at radius 3 is 2.33 bits per heavy atom. The van der Waals surface area contributed by atoms with E-state index in [1.165, 1.54) is 12.1 Å². The summed E-state index contributed by atoms with van der Waals surface area (Å²) in [5, 5.41) is 12.8. The molecule has 2 saturated heterocycles. The van der Waals surface area contributed by atoms with E-state index in [0.717, 1.165) is 29.8 Å². The highest BCUT2D eigenvalue weighted by Gasteiger charge is 2.35. The third-order valence-electron chi connectivity index (χ3n) is 8.51. The molecule has 3 aromatic carbocycles. The number of alkyl halides is 3. The Morgan fingerprint density at radius 1 is 1.07 bits per heavy atom. The maximum Gasteiger partial charge on any atom is 0.416 e. The Bertz CT molecular complexity index is 1540. The molecule has 4 atom stereocenters. The van der Waals surface area contributed by atoms with Crippen molar-refractivity contribution in [3.8, 4) is 0 Å². The van der Waals surface area contributed by atoms with E-state index in [1.807, 2.05) is 12.1 Å². The van der Waals surface area contributed by atoms with Gasteiger partial charge in [0.15, 0.2) is 9.84 Å². The minimum absolute atomic E-state index is 0.00676. The molecule has 12 heteroatoms. The molecule has 8 nitrogen and oxygen atoms in total. The number of halogens is 3. The van der Waals surface area contributed by atoms with Gasteiger partial charge in [0, 0.05) is 30.3 Å². The topological polar surface area (TPSA) is 105 Å². The van der Waals surface area contributed by atoms with Crippen LogP contribution in [0, 0.1) is 0 Å². The fourth-order valence-corrected chi connectivity index (χ4v) is 6.71. The van der Waals surface area contributed by atoms with E-state index >= 15 is 0 Å². The minimum Gasteiger partial charge on any atom is -0.394 e. The minimum atomic E-state index is -4.40. The zero-order valence-corrected chi connectivity index (χ0v) is 25.7. The lowest BCUT2D eigenvalue weighted by molar-refractivity contribution is -0.137. The molecule has 0 radical (unpaired) electrons. The van der Waals surface area contributed by atoms with Gasteiger partial charge in [-0.15, -0.1) is 0 Å². The van der Waals surface area contributed by atoms with Crippen molar-refractivity contribution in [2.24, 2.45) is 0 Å². The van der Waals surface area contributed by atoms with Crippen LogP contribution in [-0.2, 0) is 25.5 Å². The normalized spacial score (nSPS) is 21.2. The molecule has 2 unspecified atom stereocenters. The Morgan fingerprint density at radius 2 is 1.76 bits per heavy atom. The second-order valence-corrected chi connectivity index (χ2v) is 13.7. The van der Waals surface area contributed by atoms with Crippen LogP contribution in [0.1, 0.15) is 58.8 Å². The van der Waals surface area contributed by atoms with Gasteiger partial charge in [0.25, 0.3) is 5.91 Å². The van der Waals surface area contributed by atoms with Crippen molar-refractivity contribution in [2.45, 2.75) is 54.9 Å². The van der Waals surface area contributed by atoms with Crippen LogP contribution < -0.4 is 10.2 Å². The molecule has 0 saturated carbocycles. The van der Waals surface area contributed by atoms with Crippen LogP contribution in [-0.4, -0.2) is 70.3 Å². The predicted octanol–water partition coefficient (Wildman–Crippen LogP) is 5.13. The van der Waals surface area contributed by atoms with Crippen LogP contribution in [0.15, 0.2) is 77.7 Å². The Balaban J connectivity index is 1.28. The highest BCUT2D eigenvalue weighted by molar-refractivity contribution is 7.91. The van der Waals surface area contributed by atoms with Crippen molar-refractivity contribution < 1.29 is 41.0 Å². The van der Waals surface area contributed by atoms with Gasteiger partial charge in [-0.2, -0.15) is 13.2 Å². The van der Waals surface area contributed by atoms with E-state index in [1.54, 1.807) is 43.3 Å². The largest absolute Gasteiger partial charge is 0.416 e. The van der Waals surface area contributed by atoms with Gasteiger partial charge < -0.3 is 24.8 Å². The number of aliphatic hydroxyl groups excluding tert-OH is 1. The number of aliphatic hydroxyl groups is 1. The van der Waals surface area contributed by atoms with Crippen molar-refractivity contribution in [3.05, 3.63) is 95.1 Å². The molecule has 0 aliphatic carbocycles. The van der Waals surface area contributed by atoms with Crippen molar-refractivity contribution in [1.82, 2.24) is 5.32 Å². The number of sulfone groups is 1. The fourth-order valence-electron chi connectivity index (χ4n) is 5.82. The quantitative estimate of drug-likeness (QED) is 0.298. The summed E-state index contributed by atoms with van der Waals surface area (Å²) in [6.45, 7) is 3.38. The average molecular weight is 647 g/mol. The maximum atomic E-state index is 13.1. The average Bonchev–Trinajstić information content (AvgIpc) is 3.73. The molecule has 242 valence electrons. The molecular formula is C33H37F3N2O6S. The zero-order chi connectivity index (χ0) is 32.2. The van der Waals surface area contributed by atoms with E-state index in [-0.39, 0.29) is 35.3 Å². The monoisotopic (exact) mass is 646 g/mol. The molecule has 2 aliphatic rings. The van der Waals surface area contributed by atoms with E-state index in [4.69, 9.17) is 9.47 Å². The van der Waals surface area contributed by atoms with Gasteiger partial charge in [-0.1, -0.05) is 31.2 Å². The van der Waals surface area contributed by atoms with Crippen LogP contribution in [0.3, 0.4) is 0 Å².